The predicted octanol–water partition coefficient (Wildman–Crippen LogP) is 6.51. The highest BCUT2D eigenvalue weighted by Gasteiger charge is 2.14. The first kappa shape index (κ1) is 22.3. The van der Waals surface area contributed by atoms with Gasteiger partial charge in [-0.1, -0.05) is 20.8 Å². The summed E-state index contributed by atoms with van der Waals surface area (Å²) < 4.78 is 0. The number of pyridine rings is 4. The lowest BCUT2D eigenvalue weighted by Crippen LogP contribution is -2.11. The summed E-state index contributed by atoms with van der Waals surface area (Å²) in [5.74, 6) is 0. The van der Waals surface area contributed by atoms with Crippen molar-refractivity contribution in [3.63, 3.8) is 0 Å². The first-order chi connectivity index (χ1) is 14.7. The second-order valence-electron chi connectivity index (χ2n) is 8.84. The quantitative estimate of drug-likeness (QED) is 0.378. The Hall–Kier alpha value is -3.40. The van der Waals surface area contributed by atoms with Crippen LogP contribution >= 0.6 is 0 Å². The smallest absolute Gasteiger partial charge is 0.0889 e. The molecule has 4 aromatic rings. The summed E-state index contributed by atoms with van der Waals surface area (Å²) in [5.41, 5.74) is 8.81. The molecule has 0 bridgehead atoms. The molecule has 4 heteroatoms. The van der Waals surface area contributed by atoms with Crippen molar-refractivity contribution in [1.29, 1.82) is 0 Å². The molecule has 4 rings (SSSR count). The zero-order valence-electron chi connectivity index (χ0n) is 19.2. The maximum atomic E-state index is 4.40. The Kier molecular flexibility index (Phi) is 6.91. The van der Waals surface area contributed by atoms with E-state index < -0.39 is 0 Å². The van der Waals surface area contributed by atoms with Gasteiger partial charge in [0.05, 0.1) is 22.8 Å². The van der Waals surface area contributed by atoms with Crippen LogP contribution in [0.25, 0.3) is 22.8 Å². The number of aromatic nitrogens is 4. The third-order valence-electron chi connectivity index (χ3n) is 4.90. The van der Waals surface area contributed by atoms with E-state index in [-0.39, 0.29) is 5.41 Å². The summed E-state index contributed by atoms with van der Waals surface area (Å²) in [6.45, 7) is 12.8. The third-order valence-corrected chi connectivity index (χ3v) is 4.90. The van der Waals surface area contributed by atoms with Gasteiger partial charge in [0.25, 0.3) is 0 Å². The number of hydrogen-bond donors (Lipinski definition) is 0. The van der Waals surface area contributed by atoms with Crippen LogP contribution in [0.3, 0.4) is 0 Å². The van der Waals surface area contributed by atoms with E-state index in [9.17, 15) is 0 Å². The lowest BCUT2D eigenvalue weighted by Gasteiger charge is -2.19. The SMILES string of the molecule is Cc1ccnc(-c2cc(C(C)(C)C)ccn2)c1.Cc1ccnc(-c2cc(C)ccn2)c1. The summed E-state index contributed by atoms with van der Waals surface area (Å²) >= 11 is 0. The Morgan fingerprint density at radius 1 is 0.484 bits per heavy atom. The van der Waals surface area contributed by atoms with Gasteiger partial charge in [0.1, 0.15) is 0 Å². The van der Waals surface area contributed by atoms with Crippen molar-refractivity contribution < 1.29 is 0 Å². The Morgan fingerprint density at radius 3 is 1.13 bits per heavy atom. The average Bonchev–Trinajstić information content (AvgIpc) is 2.74. The van der Waals surface area contributed by atoms with Crippen molar-refractivity contribution in [2.75, 3.05) is 0 Å². The van der Waals surface area contributed by atoms with Crippen LogP contribution in [0.2, 0.25) is 0 Å². The number of rotatable bonds is 2. The van der Waals surface area contributed by atoms with E-state index in [1.54, 1.807) is 0 Å². The van der Waals surface area contributed by atoms with E-state index in [2.05, 4.69) is 79.7 Å². The highest BCUT2D eigenvalue weighted by atomic mass is 14.8. The molecule has 4 heterocycles. The van der Waals surface area contributed by atoms with Crippen molar-refractivity contribution in [2.45, 2.75) is 47.0 Å². The Morgan fingerprint density at radius 2 is 0.806 bits per heavy atom. The van der Waals surface area contributed by atoms with Gasteiger partial charge in [0, 0.05) is 24.8 Å². The molecular weight excluding hydrogens is 380 g/mol. The van der Waals surface area contributed by atoms with E-state index in [1.165, 1.54) is 22.3 Å². The lowest BCUT2D eigenvalue weighted by molar-refractivity contribution is 0.589. The van der Waals surface area contributed by atoms with Crippen LogP contribution in [0.5, 0.6) is 0 Å². The largest absolute Gasteiger partial charge is 0.255 e. The standard InChI is InChI=1S/C15H18N2.C12H12N2/c1-11-5-7-16-13(9-11)14-10-12(6-8-17-14)15(2,3)4;1-9-3-5-13-11(7-9)12-8-10(2)4-6-14-12/h5-10H,1-4H3;3-8H,1-2H3. The zero-order chi connectivity index (χ0) is 22.4. The van der Waals surface area contributed by atoms with Crippen LogP contribution in [0.1, 0.15) is 43.0 Å². The number of aryl methyl sites for hydroxylation is 3. The van der Waals surface area contributed by atoms with Crippen LogP contribution in [0.15, 0.2) is 73.3 Å². The Labute approximate surface area is 185 Å². The molecular formula is C27H30N4. The Bertz CT molecular complexity index is 1120. The maximum absolute atomic E-state index is 4.40. The molecule has 0 unspecified atom stereocenters. The van der Waals surface area contributed by atoms with Crippen molar-refractivity contribution in [3.05, 3.63) is 95.6 Å². The fourth-order valence-electron chi connectivity index (χ4n) is 3.07. The zero-order valence-corrected chi connectivity index (χ0v) is 19.2. The van der Waals surface area contributed by atoms with Crippen LogP contribution in [0, 0.1) is 20.8 Å². The molecule has 0 aliphatic carbocycles. The number of hydrogen-bond acceptors (Lipinski definition) is 4. The minimum Gasteiger partial charge on any atom is -0.255 e. The van der Waals surface area contributed by atoms with Crippen LogP contribution in [0.4, 0.5) is 0 Å². The minimum atomic E-state index is 0.140. The van der Waals surface area contributed by atoms with Gasteiger partial charge in [-0.25, -0.2) is 0 Å². The van der Waals surface area contributed by atoms with Gasteiger partial charge < -0.3 is 0 Å². The summed E-state index contributed by atoms with van der Waals surface area (Å²) in [4.78, 5) is 17.3. The fraction of sp³-hybridized carbons (Fsp3) is 0.259. The van der Waals surface area contributed by atoms with Crippen molar-refractivity contribution >= 4 is 0 Å². The highest BCUT2D eigenvalue weighted by Crippen LogP contribution is 2.25. The van der Waals surface area contributed by atoms with Gasteiger partial charge >= 0.3 is 0 Å². The van der Waals surface area contributed by atoms with Gasteiger partial charge in [0.2, 0.25) is 0 Å². The molecule has 0 aliphatic heterocycles. The first-order valence-corrected chi connectivity index (χ1v) is 10.5. The second-order valence-corrected chi connectivity index (χ2v) is 8.84. The van der Waals surface area contributed by atoms with Gasteiger partial charge in [-0.2, -0.15) is 0 Å². The molecule has 0 aliphatic rings. The minimum absolute atomic E-state index is 0.140. The van der Waals surface area contributed by atoms with Crippen LogP contribution in [-0.4, -0.2) is 19.9 Å². The predicted molar refractivity (Wildman–Crippen MR) is 128 cm³/mol. The monoisotopic (exact) mass is 410 g/mol. The molecule has 0 amide bonds. The summed E-state index contributed by atoms with van der Waals surface area (Å²) in [6, 6.07) is 16.3. The molecule has 0 spiro atoms. The van der Waals surface area contributed by atoms with E-state index in [0.717, 1.165) is 22.8 Å². The van der Waals surface area contributed by atoms with E-state index >= 15 is 0 Å². The van der Waals surface area contributed by atoms with Gasteiger partial charge in [-0.05, 0) is 97.0 Å². The van der Waals surface area contributed by atoms with Crippen molar-refractivity contribution in [1.82, 2.24) is 19.9 Å². The van der Waals surface area contributed by atoms with E-state index in [0.29, 0.717) is 0 Å². The van der Waals surface area contributed by atoms with Crippen LogP contribution < -0.4 is 0 Å². The van der Waals surface area contributed by atoms with Gasteiger partial charge in [-0.15, -0.1) is 0 Å². The normalized spacial score (nSPS) is 10.9. The summed E-state index contributed by atoms with van der Waals surface area (Å²) in [6.07, 6.45) is 7.32. The molecule has 0 aromatic carbocycles. The molecule has 158 valence electrons. The third kappa shape index (κ3) is 6.29. The number of nitrogens with zero attached hydrogens (tertiary/aromatic N) is 4. The van der Waals surface area contributed by atoms with Crippen LogP contribution in [-0.2, 0) is 5.41 Å². The maximum Gasteiger partial charge on any atom is 0.0889 e. The van der Waals surface area contributed by atoms with E-state index in [1.807, 2.05) is 55.1 Å². The average molecular weight is 411 g/mol. The van der Waals surface area contributed by atoms with Crippen molar-refractivity contribution in [2.24, 2.45) is 0 Å². The molecule has 31 heavy (non-hydrogen) atoms. The topological polar surface area (TPSA) is 51.6 Å². The summed E-state index contributed by atoms with van der Waals surface area (Å²) in [7, 11) is 0. The Balaban J connectivity index is 0.000000179. The molecule has 0 N–H and O–H groups in total. The first-order valence-electron chi connectivity index (χ1n) is 10.5. The second kappa shape index (κ2) is 9.61. The molecule has 0 fully saturated rings. The molecule has 0 atom stereocenters. The lowest BCUT2D eigenvalue weighted by atomic mass is 9.87. The molecule has 0 radical (unpaired) electrons. The molecule has 0 saturated carbocycles. The molecule has 4 aromatic heterocycles. The molecule has 4 nitrogen and oxygen atoms in total. The van der Waals surface area contributed by atoms with Gasteiger partial charge in [0.15, 0.2) is 0 Å². The fourth-order valence-corrected chi connectivity index (χ4v) is 3.07. The molecule has 0 saturated heterocycles. The van der Waals surface area contributed by atoms with E-state index in [4.69, 9.17) is 0 Å². The van der Waals surface area contributed by atoms with Gasteiger partial charge in [-0.3, -0.25) is 19.9 Å². The summed E-state index contributed by atoms with van der Waals surface area (Å²) in [5, 5.41) is 0. The van der Waals surface area contributed by atoms with Crippen molar-refractivity contribution in [3.8, 4) is 22.8 Å². The highest BCUT2D eigenvalue weighted by molar-refractivity contribution is 5.56.